The molecule has 0 aromatic carbocycles. The minimum atomic E-state index is -3.31. The van der Waals surface area contributed by atoms with Crippen LogP contribution in [0.3, 0.4) is 0 Å². The van der Waals surface area contributed by atoms with Crippen molar-refractivity contribution in [3.05, 3.63) is 17.0 Å². The van der Waals surface area contributed by atoms with Crippen LogP contribution in [0.15, 0.2) is 15.7 Å². The van der Waals surface area contributed by atoms with Crippen molar-refractivity contribution < 1.29 is 8.42 Å². The van der Waals surface area contributed by atoms with Crippen molar-refractivity contribution in [2.24, 2.45) is 5.92 Å². The van der Waals surface area contributed by atoms with E-state index in [9.17, 15) is 8.42 Å². The summed E-state index contributed by atoms with van der Waals surface area (Å²) in [4.78, 5) is 0. The van der Waals surface area contributed by atoms with Crippen LogP contribution in [0.1, 0.15) is 38.2 Å². The zero-order chi connectivity index (χ0) is 14.6. The normalized spacial score (nSPS) is 17.1. The first kappa shape index (κ1) is 15.9. The van der Waals surface area contributed by atoms with E-state index < -0.39 is 10.0 Å². The molecule has 6 heteroatoms. The Morgan fingerprint density at radius 3 is 2.75 bits per heavy atom. The van der Waals surface area contributed by atoms with Gasteiger partial charge in [-0.15, -0.1) is 11.3 Å². The molecule has 114 valence electrons. The van der Waals surface area contributed by atoms with Gasteiger partial charge in [0.25, 0.3) is 10.0 Å². The molecule has 1 aromatic heterocycles. The van der Waals surface area contributed by atoms with Crippen LogP contribution >= 0.6 is 11.3 Å². The van der Waals surface area contributed by atoms with E-state index in [-0.39, 0.29) is 0 Å². The summed E-state index contributed by atoms with van der Waals surface area (Å²) in [6.45, 7) is 4.32. The topological polar surface area (TPSA) is 49.4 Å². The molecule has 1 N–H and O–H groups in total. The maximum atomic E-state index is 12.5. The van der Waals surface area contributed by atoms with Gasteiger partial charge in [-0.25, -0.2) is 8.42 Å². The Morgan fingerprint density at radius 1 is 1.40 bits per heavy atom. The predicted molar refractivity (Wildman–Crippen MR) is 83.5 cm³/mol. The molecule has 4 nitrogen and oxygen atoms in total. The van der Waals surface area contributed by atoms with E-state index in [1.165, 1.54) is 28.5 Å². The van der Waals surface area contributed by atoms with Crippen molar-refractivity contribution >= 4 is 21.4 Å². The molecule has 20 heavy (non-hydrogen) atoms. The summed E-state index contributed by atoms with van der Waals surface area (Å²) >= 11 is 1.32. The summed E-state index contributed by atoms with van der Waals surface area (Å²) in [6, 6.07) is 1.80. The predicted octanol–water partition coefficient (Wildman–Crippen LogP) is 2.67. The lowest BCUT2D eigenvalue weighted by Gasteiger charge is -2.19. The fourth-order valence-electron chi connectivity index (χ4n) is 2.66. The molecule has 0 spiro atoms. The lowest BCUT2D eigenvalue weighted by Crippen LogP contribution is -2.30. The fourth-order valence-corrected chi connectivity index (χ4v) is 5.32. The van der Waals surface area contributed by atoms with Gasteiger partial charge < -0.3 is 5.32 Å². The maximum absolute atomic E-state index is 12.5. The second kappa shape index (κ2) is 7.02. The van der Waals surface area contributed by atoms with Crippen molar-refractivity contribution in [1.82, 2.24) is 9.62 Å². The number of nitrogens with one attached hydrogen (secondary N) is 1. The van der Waals surface area contributed by atoms with Crippen LogP contribution in [-0.4, -0.2) is 32.9 Å². The van der Waals surface area contributed by atoms with Crippen molar-refractivity contribution in [2.75, 3.05) is 20.1 Å². The zero-order valence-electron chi connectivity index (χ0n) is 12.3. The van der Waals surface area contributed by atoms with E-state index in [1.54, 1.807) is 13.1 Å². The smallest absolute Gasteiger partial charge is 0.252 e. The molecule has 0 aliphatic heterocycles. The quantitative estimate of drug-likeness (QED) is 0.841. The third kappa shape index (κ3) is 3.81. The largest absolute Gasteiger partial charge is 0.313 e. The van der Waals surface area contributed by atoms with Gasteiger partial charge in [-0.2, -0.15) is 4.31 Å². The van der Waals surface area contributed by atoms with E-state index in [4.69, 9.17) is 0 Å². The van der Waals surface area contributed by atoms with Crippen molar-refractivity contribution in [1.29, 1.82) is 0 Å². The Morgan fingerprint density at radius 2 is 2.10 bits per heavy atom. The van der Waals surface area contributed by atoms with Gasteiger partial charge >= 0.3 is 0 Å². The second-order valence-electron chi connectivity index (χ2n) is 5.49. The van der Waals surface area contributed by atoms with E-state index >= 15 is 0 Å². The fraction of sp³-hybridized carbons (Fsp3) is 0.714. The first-order chi connectivity index (χ1) is 9.54. The molecule has 1 saturated carbocycles. The van der Waals surface area contributed by atoms with Gasteiger partial charge in [0.1, 0.15) is 4.21 Å². The van der Waals surface area contributed by atoms with E-state index in [0.717, 1.165) is 31.5 Å². The molecule has 0 amide bonds. The van der Waals surface area contributed by atoms with Gasteiger partial charge in [0, 0.05) is 20.1 Å². The van der Waals surface area contributed by atoms with E-state index in [0.29, 0.717) is 16.7 Å². The highest BCUT2D eigenvalue weighted by atomic mass is 32.2. The summed E-state index contributed by atoms with van der Waals surface area (Å²) in [5.41, 5.74) is 1.05. The van der Waals surface area contributed by atoms with Gasteiger partial charge in [0.15, 0.2) is 0 Å². The number of nitrogens with zero attached hydrogens (tertiary/aromatic N) is 1. The van der Waals surface area contributed by atoms with Crippen molar-refractivity contribution in [3.63, 3.8) is 0 Å². The summed E-state index contributed by atoms with van der Waals surface area (Å²) in [5.74, 6) is 0.538. The highest BCUT2D eigenvalue weighted by molar-refractivity contribution is 7.91. The first-order valence-corrected chi connectivity index (χ1v) is 9.60. The molecule has 0 radical (unpaired) electrons. The molecule has 2 rings (SSSR count). The first-order valence-electron chi connectivity index (χ1n) is 7.28. The number of thiophene rings is 1. The lowest BCUT2D eigenvalue weighted by molar-refractivity contribution is 0.388. The van der Waals surface area contributed by atoms with Crippen LogP contribution < -0.4 is 5.32 Å². The van der Waals surface area contributed by atoms with Gasteiger partial charge in [-0.1, -0.05) is 19.8 Å². The summed E-state index contributed by atoms with van der Waals surface area (Å²) < 4.78 is 27.0. The van der Waals surface area contributed by atoms with Crippen molar-refractivity contribution in [2.45, 2.75) is 43.4 Å². The molecule has 1 aromatic rings. The third-order valence-corrected chi connectivity index (χ3v) is 7.15. The van der Waals surface area contributed by atoms with E-state index in [1.807, 2.05) is 12.3 Å². The van der Waals surface area contributed by atoms with Crippen LogP contribution in [0.2, 0.25) is 0 Å². The van der Waals surface area contributed by atoms with Gasteiger partial charge in [-0.05, 0) is 42.3 Å². The number of hydrogen-bond donors (Lipinski definition) is 1. The Bertz CT molecular complexity index is 519. The average Bonchev–Trinajstić information content (AvgIpc) is 3.07. The summed E-state index contributed by atoms with van der Waals surface area (Å²) in [5, 5.41) is 5.15. The molecule has 0 atom stereocenters. The second-order valence-corrected chi connectivity index (χ2v) is 8.67. The number of rotatable bonds is 7. The third-order valence-electron chi connectivity index (χ3n) is 3.86. The summed E-state index contributed by atoms with van der Waals surface area (Å²) in [6.07, 6.45) is 4.81. The van der Waals surface area contributed by atoms with Crippen LogP contribution in [0.25, 0.3) is 0 Å². The molecule has 0 bridgehead atoms. The molecular formula is C14H24N2O2S2. The van der Waals surface area contributed by atoms with Gasteiger partial charge in [0.05, 0.1) is 0 Å². The Hall–Kier alpha value is -0.430. The van der Waals surface area contributed by atoms with Crippen LogP contribution in [0, 0.1) is 5.92 Å². The zero-order valence-corrected chi connectivity index (χ0v) is 13.9. The molecule has 0 saturated heterocycles. The highest BCUT2D eigenvalue weighted by Crippen LogP contribution is 2.28. The average molecular weight is 316 g/mol. The molecule has 1 fully saturated rings. The Balaban J connectivity index is 2.02. The standard InChI is InChI=1S/C14H24N2O2S2/c1-3-15-9-13-8-14(19-11-13)20(17,18)16(2)10-12-6-4-5-7-12/h8,11-12,15H,3-7,9-10H2,1-2H3. The highest BCUT2D eigenvalue weighted by Gasteiger charge is 2.26. The minimum Gasteiger partial charge on any atom is -0.313 e. The van der Waals surface area contributed by atoms with Gasteiger partial charge in [-0.3, -0.25) is 0 Å². The molecule has 1 heterocycles. The van der Waals surface area contributed by atoms with Crippen molar-refractivity contribution in [3.8, 4) is 0 Å². The minimum absolute atomic E-state index is 0.464. The number of sulfonamides is 1. The summed E-state index contributed by atoms with van der Waals surface area (Å²) in [7, 11) is -1.60. The molecular weight excluding hydrogens is 292 g/mol. The van der Waals surface area contributed by atoms with Crippen LogP contribution in [-0.2, 0) is 16.6 Å². The Kier molecular flexibility index (Phi) is 5.60. The monoisotopic (exact) mass is 316 g/mol. The van der Waals surface area contributed by atoms with Crippen LogP contribution in [0.5, 0.6) is 0 Å². The van der Waals surface area contributed by atoms with E-state index in [2.05, 4.69) is 5.32 Å². The van der Waals surface area contributed by atoms with Crippen LogP contribution in [0.4, 0.5) is 0 Å². The lowest BCUT2D eigenvalue weighted by atomic mass is 10.1. The maximum Gasteiger partial charge on any atom is 0.252 e. The Labute approximate surface area is 126 Å². The molecule has 1 aliphatic rings. The number of hydrogen-bond acceptors (Lipinski definition) is 4. The molecule has 0 unspecified atom stereocenters. The molecule has 1 aliphatic carbocycles. The van der Waals surface area contributed by atoms with Gasteiger partial charge in [0.2, 0.25) is 0 Å². The SMILES string of the molecule is CCNCc1csc(S(=O)(=O)N(C)CC2CCCC2)c1.